The Hall–Kier alpha value is -0.910. The van der Waals surface area contributed by atoms with Crippen LogP contribution in [-0.4, -0.2) is 22.0 Å². The van der Waals surface area contributed by atoms with Crippen LogP contribution in [0.25, 0.3) is 5.69 Å². The third-order valence-electron chi connectivity index (χ3n) is 3.35. The molecule has 0 fully saturated rings. The molecule has 108 valence electrons. The van der Waals surface area contributed by atoms with Gasteiger partial charge in [-0.1, -0.05) is 30.7 Å². The molecule has 0 amide bonds. The van der Waals surface area contributed by atoms with E-state index in [1.54, 1.807) is 0 Å². The van der Waals surface area contributed by atoms with E-state index in [2.05, 4.69) is 45.4 Å². The largest absolute Gasteiger partial charge is 0.312 e. The van der Waals surface area contributed by atoms with E-state index >= 15 is 0 Å². The Morgan fingerprint density at radius 2 is 2.15 bits per heavy atom. The van der Waals surface area contributed by atoms with Crippen molar-refractivity contribution >= 4 is 27.5 Å². The highest BCUT2D eigenvalue weighted by molar-refractivity contribution is 9.10. The number of hydrogen-bond acceptors (Lipinski definition) is 3. The SMILES string of the molecule is CCc1c(C(CC)NC)nnn1-c1ccc(Cl)cc1Br. The monoisotopic (exact) mass is 356 g/mol. The zero-order chi connectivity index (χ0) is 14.7. The van der Waals surface area contributed by atoms with Gasteiger partial charge in [0, 0.05) is 9.50 Å². The lowest BCUT2D eigenvalue weighted by Crippen LogP contribution is -2.17. The van der Waals surface area contributed by atoms with Crippen molar-refractivity contribution in [1.82, 2.24) is 20.3 Å². The van der Waals surface area contributed by atoms with Gasteiger partial charge < -0.3 is 5.32 Å². The van der Waals surface area contributed by atoms with Crippen molar-refractivity contribution in [2.45, 2.75) is 32.7 Å². The third-order valence-corrected chi connectivity index (χ3v) is 4.22. The molecule has 1 aromatic heterocycles. The van der Waals surface area contributed by atoms with Crippen LogP contribution < -0.4 is 5.32 Å². The highest BCUT2D eigenvalue weighted by Crippen LogP contribution is 2.27. The van der Waals surface area contributed by atoms with Gasteiger partial charge in [0.1, 0.15) is 5.69 Å². The molecule has 0 radical (unpaired) electrons. The van der Waals surface area contributed by atoms with E-state index in [9.17, 15) is 0 Å². The first-order valence-electron chi connectivity index (χ1n) is 6.69. The van der Waals surface area contributed by atoms with Crippen LogP contribution in [0.3, 0.4) is 0 Å². The van der Waals surface area contributed by atoms with Gasteiger partial charge in [-0.3, -0.25) is 0 Å². The van der Waals surface area contributed by atoms with Crippen LogP contribution in [0.2, 0.25) is 5.02 Å². The average Bonchev–Trinajstić information content (AvgIpc) is 2.84. The molecular weight excluding hydrogens is 340 g/mol. The van der Waals surface area contributed by atoms with Crippen molar-refractivity contribution in [2.75, 3.05) is 7.05 Å². The molecule has 0 spiro atoms. The molecule has 1 atom stereocenters. The number of nitrogens with one attached hydrogen (secondary N) is 1. The van der Waals surface area contributed by atoms with Crippen molar-refractivity contribution in [3.8, 4) is 5.69 Å². The van der Waals surface area contributed by atoms with Crippen molar-refractivity contribution < 1.29 is 0 Å². The molecule has 0 saturated carbocycles. The second kappa shape index (κ2) is 6.70. The molecular formula is C14H18BrClN4. The van der Waals surface area contributed by atoms with Gasteiger partial charge in [-0.05, 0) is 54.0 Å². The number of benzene rings is 1. The van der Waals surface area contributed by atoms with Crippen LogP contribution >= 0.6 is 27.5 Å². The maximum atomic E-state index is 5.99. The first-order chi connectivity index (χ1) is 9.62. The Labute approximate surface area is 132 Å². The Kier molecular flexibility index (Phi) is 5.18. The van der Waals surface area contributed by atoms with Crippen molar-refractivity contribution in [3.63, 3.8) is 0 Å². The Balaban J connectivity index is 2.52. The zero-order valence-corrected chi connectivity index (χ0v) is 14.2. The lowest BCUT2D eigenvalue weighted by Gasteiger charge is -2.13. The highest BCUT2D eigenvalue weighted by Gasteiger charge is 2.20. The second-order valence-electron chi connectivity index (χ2n) is 4.53. The quantitative estimate of drug-likeness (QED) is 0.882. The molecule has 4 nitrogen and oxygen atoms in total. The molecule has 2 rings (SSSR count). The van der Waals surface area contributed by atoms with Crippen LogP contribution in [-0.2, 0) is 6.42 Å². The summed E-state index contributed by atoms with van der Waals surface area (Å²) in [6, 6.07) is 5.90. The summed E-state index contributed by atoms with van der Waals surface area (Å²) in [5, 5.41) is 12.7. The minimum atomic E-state index is 0.227. The van der Waals surface area contributed by atoms with Crippen molar-refractivity contribution in [1.29, 1.82) is 0 Å². The van der Waals surface area contributed by atoms with E-state index in [0.717, 1.165) is 34.4 Å². The minimum absolute atomic E-state index is 0.227. The summed E-state index contributed by atoms with van der Waals surface area (Å²) in [6.45, 7) is 4.25. The van der Waals surface area contributed by atoms with Gasteiger partial charge in [-0.2, -0.15) is 0 Å². The smallest absolute Gasteiger partial charge is 0.103 e. The second-order valence-corrected chi connectivity index (χ2v) is 5.82. The van der Waals surface area contributed by atoms with Crippen LogP contribution in [0.4, 0.5) is 0 Å². The van der Waals surface area contributed by atoms with Crippen LogP contribution in [0.1, 0.15) is 37.7 Å². The number of halogens is 2. The maximum absolute atomic E-state index is 5.99. The van der Waals surface area contributed by atoms with E-state index < -0.39 is 0 Å². The Morgan fingerprint density at radius 3 is 2.70 bits per heavy atom. The van der Waals surface area contributed by atoms with Gasteiger partial charge in [-0.15, -0.1) is 5.10 Å². The van der Waals surface area contributed by atoms with E-state index in [1.165, 1.54) is 0 Å². The van der Waals surface area contributed by atoms with Crippen LogP contribution in [0.15, 0.2) is 22.7 Å². The standard InChI is InChI=1S/C14H18BrClN4/c1-4-11(17-3)14-12(5-2)20(19-18-14)13-7-6-9(16)8-10(13)15/h6-8,11,17H,4-5H2,1-3H3. The fourth-order valence-corrected chi connectivity index (χ4v) is 3.15. The highest BCUT2D eigenvalue weighted by atomic mass is 79.9. The minimum Gasteiger partial charge on any atom is -0.312 e. The fraction of sp³-hybridized carbons (Fsp3) is 0.429. The molecule has 0 aliphatic heterocycles. The average molecular weight is 358 g/mol. The fourth-order valence-electron chi connectivity index (χ4n) is 2.30. The molecule has 1 heterocycles. The molecule has 0 aliphatic carbocycles. The van der Waals surface area contributed by atoms with Gasteiger partial charge in [0.15, 0.2) is 0 Å². The predicted molar refractivity (Wildman–Crippen MR) is 85.5 cm³/mol. The normalized spacial score (nSPS) is 12.7. The Morgan fingerprint density at radius 1 is 1.40 bits per heavy atom. The molecule has 1 N–H and O–H groups in total. The molecule has 1 aromatic carbocycles. The zero-order valence-electron chi connectivity index (χ0n) is 11.8. The van der Waals surface area contributed by atoms with Crippen molar-refractivity contribution in [2.24, 2.45) is 0 Å². The van der Waals surface area contributed by atoms with Gasteiger partial charge in [0.25, 0.3) is 0 Å². The number of rotatable bonds is 5. The lowest BCUT2D eigenvalue weighted by molar-refractivity contribution is 0.555. The summed E-state index contributed by atoms with van der Waals surface area (Å²) >= 11 is 9.53. The first-order valence-corrected chi connectivity index (χ1v) is 7.86. The number of nitrogens with zero attached hydrogens (tertiary/aromatic N) is 3. The molecule has 1 unspecified atom stereocenters. The topological polar surface area (TPSA) is 42.7 Å². The predicted octanol–water partition coefficient (Wildman–Crippen LogP) is 3.92. The number of aromatic nitrogens is 3. The molecule has 0 saturated heterocycles. The van der Waals surface area contributed by atoms with Gasteiger partial charge >= 0.3 is 0 Å². The lowest BCUT2D eigenvalue weighted by atomic mass is 10.1. The van der Waals surface area contributed by atoms with E-state index in [4.69, 9.17) is 11.6 Å². The molecule has 6 heteroatoms. The van der Waals surface area contributed by atoms with Gasteiger partial charge in [0.05, 0.1) is 17.4 Å². The van der Waals surface area contributed by atoms with Gasteiger partial charge in [0.2, 0.25) is 0 Å². The number of hydrogen-bond donors (Lipinski definition) is 1. The van der Waals surface area contributed by atoms with Crippen molar-refractivity contribution in [3.05, 3.63) is 39.1 Å². The van der Waals surface area contributed by atoms with E-state index in [0.29, 0.717) is 5.02 Å². The summed E-state index contributed by atoms with van der Waals surface area (Å²) < 4.78 is 2.80. The maximum Gasteiger partial charge on any atom is 0.103 e. The Bertz CT molecular complexity index is 593. The molecule has 2 aromatic rings. The summed E-state index contributed by atoms with van der Waals surface area (Å²) in [5.41, 5.74) is 3.09. The molecule has 20 heavy (non-hydrogen) atoms. The first kappa shape index (κ1) is 15.5. The van der Waals surface area contributed by atoms with Gasteiger partial charge in [-0.25, -0.2) is 4.68 Å². The summed E-state index contributed by atoms with van der Waals surface area (Å²) in [5.74, 6) is 0. The summed E-state index contributed by atoms with van der Waals surface area (Å²) in [6.07, 6.45) is 1.85. The van der Waals surface area contributed by atoms with Crippen LogP contribution in [0, 0.1) is 0 Å². The van der Waals surface area contributed by atoms with E-state index in [-0.39, 0.29) is 6.04 Å². The molecule has 0 aliphatic rings. The third kappa shape index (κ3) is 2.90. The van der Waals surface area contributed by atoms with Crippen LogP contribution in [0.5, 0.6) is 0 Å². The molecule has 0 bridgehead atoms. The summed E-state index contributed by atoms with van der Waals surface area (Å²) in [4.78, 5) is 0. The van der Waals surface area contributed by atoms with E-state index in [1.807, 2.05) is 29.9 Å². The summed E-state index contributed by atoms with van der Waals surface area (Å²) in [7, 11) is 1.95.